The van der Waals surface area contributed by atoms with Crippen LogP contribution in [-0.2, 0) is 10.1 Å². The minimum atomic E-state index is -4.13. The molecule has 1 atom stereocenters. The molecule has 4 nitrogen and oxygen atoms in total. The zero-order valence-electron chi connectivity index (χ0n) is 8.83. The molecule has 0 saturated heterocycles. The van der Waals surface area contributed by atoms with E-state index in [1.165, 1.54) is 11.0 Å². The summed E-state index contributed by atoms with van der Waals surface area (Å²) in [5, 5.41) is -1.04. The highest BCUT2D eigenvalue weighted by molar-refractivity contribution is 7.86. The van der Waals surface area contributed by atoms with Crippen LogP contribution in [0.4, 0.5) is 0 Å². The molecule has 0 aromatic carbocycles. The zero-order chi connectivity index (χ0) is 11.9. The SMILES string of the molecule is C=CCN(CC=C)C(C=CC)S(=O)(=O)O. The maximum Gasteiger partial charge on any atom is 0.285 e. The van der Waals surface area contributed by atoms with Crippen LogP contribution in [0.2, 0.25) is 0 Å². The zero-order valence-corrected chi connectivity index (χ0v) is 9.65. The quantitative estimate of drug-likeness (QED) is 0.532. The van der Waals surface area contributed by atoms with Crippen LogP contribution in [0.1, 0.15) is 6.92 Å². The third kappa shape index (κ3) is 4.92. The van der Waals surface area contributed by atoms with Crippen LogP contribution in [0.15, 0.2) is 37.5 Å². The van der Waals surface area contributed by atoms with Gasteiger partial charge in [0.1, 0.15) is 0 Å². The van der Waals surface area contributed by atoms with Crippen molar-refractivity contribution in [2.24, 2.45) is 0 Å². The van der Waals surface area contributed by atoms with Gasteiger partial charge >= 0.3 is 0 Å². The Morgan fingerprint density at radius 2 is 1.80 bits per heavy atom. The van der Waals surface area contributed by atoms with Crippen LogP contribution in [0.25, 0.3) is 0 Å². The topological polar surface area (TPSA) is 57.6 Å². The van der Waals surface area contributed by atoms with Gasteiger partial charge in [-0.2, -0.15) is 8.42 Å². The summed E-state index contributed by atoms with van der Waals surface area (Å²) < 4.78 is 31.3. The van der Waals surface area contributed by atoms with Crippen molar-refractivity contribution in [1.82, 2.24) is 4.90 Å². The van der Waals surface area contributed by atoms with Gasteiger partial charge in [0.2, 0.25) is 0 Å². The van der Waals surface area contributed by atoms with E-state index < -0.39 is 15.5 Å². The number of rotatable bonds is 7. The van der Waals surface area contributed by atoms with Gasteiger partial charge in [-0.15, -0.1) is 13.2 Å². The number of hydrogen-bond acceptors (Lipinski definition) is 3. The molecule has 0 saturated carbocycles. The Kier molecular flexibility index (Phi) is 6.15. The first kappa shape index (κ1) is 14.1. The van der Waals surface area contributed by atoms with Crippen molar-refractivity contribution in [1.29, 1.82) is 0 Å². The van der Waals surface area contributed by atoms with Crippen LogP contribution in [0.3, 0.4) is 0 Å². The molecule has 0 aliphatic heterocycles. The van der Waals surface area contributed by atoms with Gasteiger partial charge in [0, 0.05) is 13.1 Å². The molecule has 0 spiro atoms. The molecular formula is C10H17NO3S. The Hall–Kier alpha value is -0.910. The molecular weight excluding hydrogens is 214 g/mol. The van der Waals surface area contributed by atoms with Crippen molar-refractivity contribution in [3.8, 4) is 0 Å². The lowest BCUT2D eigenvalue weighted by Gasteiger charge is -2.24. The highest BCUT2D eigenvalue weighted by Crippen LogP contribution is 2.08. The molecule has 0 aromatic rings. The molecule has 5 heteroatoms. The van der Waals surface area contributed by atoms with Crippen molar-refractivity contribution in [3.05, 3.63) is 37.5 Å². The largest absolute Gasteiger partial charge is 0.285 e. The van der Waals surface area contributed by atoms with Gasteiger partial charge in [0.15, 0.2) is 5.37 Å². The third-order valence-corrected chi connectivity index (χ3v) is 2.81. The molecule has 15 heavy (non-hydrogen) atoms. The van der Waals surface area contributed by atoms with Gasteiger partial charge in [-0.3, -0.25) is 9.45 Å². The minimum Gasteiger partial charge on any atom is -0.284 e. The fourth-order valence-corrected chi connectivity index (χ4v) is 2.09. The standard InChI is InChI=1S/C10H17NO3S/c1-4-7-10(15(12,13)14)11(8-5-2)9-6-3/h4-7,10H,2-3,8-9H2,1H3,(H,12,13,14). The van der Waals surface area contributed by atoms with Gasteiger partial charge in [0.05, 0.1) is 0 Å². The summed E-state index contributed by atoms with van der Waals surface area (Å²) in [6.45, 7) is 9.48. The Balaban J connectivity index is 4.99. The molecule has 86 valence electrons. The maximum absolute atomic E-state index is 11.1. The van der Waals surface area contributed by atoms with E-state index in [1.54, 1.807) is 25.2 Å². The highest BCUT2D eigenvalue weighted by Gasteiger charge is 2.25. The number of allylic oxidation sites excluding steroid dienone is 1. The molecule has 0 fully saturated rings. The van der Waals surface area contributed by atoms with E-state index in [0.717, 1.165) is 0 Å². The second-order valence-electron chi connectivity index (χ2n) is 2.96. The van der Waals surface area contributed by atoms with E-state index in [4.69, 9.17) is 4.55 Å². The predicted octanol–water partition coefficient (Wildman–Crippen LogP) is 1.45. The fourth-order valence-electron chi connectivity index (χ4n) is 1.19. The number of hydrogen-bond donors (Lipinski definition) is 1. The van der Waals surface area contributed by atoms with E-state index in [-0.39, 0.29) is 0 Å². The first-order valence-corrected chi connectivity index (χ1v) is 6.02. The molecule has 0 aliphatic carbocycles. The molecule has 0 radical (unpaired) electrons. The Bertz CT molecular complexity index is 323. The molecule has 0 aliphatic rings. The van der Waals surface area contributed by atoms with Crippen LogP contribution in [0.5, 0.6) is 0 Å². The van der Waals surface area contributed by atoms with Gasteiger partial charge in [0.25, 0.3) is 10.1 Å². The summed E-state index contributed by atoms with van der Waals surface area (Å²) in [7, 11) is -4.13. The smallest absolute Gasteiger partial charge is 0.284 e. The van der Waals surface area contributed by atoms with Crippen LogP contribution in [-0.4, -0.2) is 36.3 Å². The van der Waals surface area contributed by atoms with Crippen LogP contribution >= 0.6 is 0 Å². The molecule has 0 rings (SSSR count). The second-order valence-corrected chi connectivity index (χ2v) is 4.48. The molecule has 0 amide bonds. The van der Waals surface area contributed by atoms with E-state index in [1.807, 2.05) is 0 Å². The highest BCUT2D eigenvalue weighted by atomic mass is 32.2. The molecule has 0 aromatic heterocycles. The fraction of sp³-hybridized carbons (Fsp3) is 0.400. The summed E-state index contributed by atoms with van der Waals surface area (Å²) in [6.07, 6.45) is 6.15. The summed E-state index contributed by atoms with van der Waals surface area (Å²) >= 11 is 0. The summed E-state index contributed by atoms with van der Waals surface area (Å²) in [5.41, 5.74) is 0. The second kappa shape index (κ2) is 6.55. The van der Waals surface area contributed by atoms with Crippen molar-refractivity contribution >= 4 is 10.1 Å². The summed E-state index contributed by atoms with van der Waals surface area (Å²) in [5.74, 6) is 0. The Morgan fingerprint density at radius 3 is 2.07 bits per heavy atom. The summed E-state index contributed by atoms with van der Waals surface area (Å²) in [4.78, 5) is 1.54. The molecule has 0 heterocycles. The maximum atomic E-state index is 11.1. The first-order valence-electron chi connectivity index (χ1n) is 4.52. The lowest BCUT2D eigenvalue weighted by Crippen LogP contribution is -2.39. The van der Waals surface area contributed by atoms with Crippen LogP contribution < -0.4 is 0 Å². The Labute approximate surface area is 91.3 Å². The lowest BCUT2D eigenvalue weighted by atomic mass is 10.4. The monoisotopic (exact) mass is 231 g/mol. The van der Waals surface area contributed by atoms with Gasteiger partial charge in [-0.1, -0.05) is 24.3 Å². The lowest BCUT2D eigenvalue weighted by molar-refractivity contribution is 0.317. The van der Waals surface area contributed by atoms with Crippen molar-refractivity contribution in [2.75, 3.05) is 13.1 Å². The van der Waals surface area contributed by atoms with Crippen molar-refractivity contribution in [3.63, 3.8) is 0 Å². The molecule has 1 N–H and O–H groups in total. The number of nitrogens with zero attached hydrogens (tertiary/aromatic N) is 1. The average molecular weight is 231 g/mol. The van der Waals surface area contributed by atoms with Crippen molar-refractivity contribution < 1.29 is 13.0 Å². The normalized spacial score (nSPS) is 14.3. The van der Waals surface area contributed by atoms with E-state index in [0.29, 0.717) is 13.1 Å². The third-order valence-electron chi connectivity index (χ3n) is 1.75. The van der Waals surface area contributed by atoms with E-state index in [2.05, 4.69) is 13.2 Å². The van der Waals surface area contributed by atoms with Gasteiger partial charge in [-0.05, 0) is 6.92 Å². The summed E-state index contributed by atoms with van der Waals surface area (Å²) in [6, 6.07) is 0. The van der Waals surface area contributed by atoms with Gasteiger partial charge < -0.3 is 0 Å². The Morgan fingerprint density at radius 1 is 1.33 bits per heavy atom. The van der Waals surface area contributed by atoms with Crippen LogP contribution in [0, 0.1) is 0 Å². The predicted molar refractivity (Wildman–Crippen MR) is 62.1 cm³/mol. The van der Waals surface area contributed by atoms with Crippen molar-refractivity contribution in [2.45, 2.75) is 12.3 Å². The molecule has 1 unspecified atom stereocenters. The molecule has 0 bridgehead atoms. The minimum absolute atomic E-state index is 0.362. The van der Waals surface area contributed by atoms with Gasteiger partial charge in [-0.25, -0.2) is 0 Å². The first-order chi connectivity index (χ1) is 6.97. The van der Waals surface area contributed by atoms with E-state index >= 15 is 0 Å². The average Bonchev–Trinajstić information content (AvgIpc) is 2.12. The van der Waals surface area contributed by atoms with E-state index in [9.17, 15) is 8.42 Å².